The molecule has 0 saturated carbocycles. The number of nitrogens with one attached hydrogen (secondary N) is 2. The van der Waals surface area contributed by atoms with Crippen molar-refractivity contribution in [2.45, 2.75) is 58.1 Å². The average Bonchev–Trinajstić information content (AvgIpc) is 2.99. The van der Waals surface area contributed by atoms with Gasteiger partial charge in [-0.25, -0.2) is 4.79 Å². The van der Waals surface area contributed by atoms with E-state index >= 15 is 0 Å². The van der Waals surface area contributed by atoms with Gasteiger partial charge in [-0.05, 0) is 52.2 Å². The molecule has 0 radical (unpaired) electrons. The molecular formula is C23H30N4O6. The quantitative estimate of drug-likeness (QED) is 0.474. The Morgan fingerprint density at radius 1 is 1.09 bits per heavy atom. The molecule has 1 aromatic carbocycles. The summed E-state index contributed by atoms with van der Waals surface area (Å²) in [5.41, 5.74) is 0.441. The van der Waals surface area contributed by atoms with Crippen molar-refractivity contribution in [1.82, 2.24) is 15.1 Å². The van der Waals surface area contributed by atoms with Gasteiger partial charge in [0.05, 0.1) is 11.1 Å². The van der Waals surface area contributed by atoms with Gasteiger partial charge in [0, 0.05) is 32.2 Å². The van der Waals surface area contributed by atoms with Crippen LogP contribution in [0.5, 0.6) is 0 Å². The Labute approximate surface area is 192 Å². The largest absolute Gasteiger partial charge is 0.444 e. The predicted molar refractivity (Wildman–Crippen MR) is 120 cm³/mol. The monoisotopic (exact) mass is 458 g/mol. The van der Waals surface area contributed by atoms with Crippen molar-refractivity contribution in [3.63, 3.8) is 0 Å². The van der Waals surface area contributed by atoms with Crippen LogP contribution in [-0.4, -0.2) is 71.3 Å². The number of carbonyl (C=O) groups is 5. The van der Waals surface area contributed by atoms with E-state index in [9.17, 15) is 24.0 Å². The van der Waals surface area contributed by atoms with E-state index in [4.69, 9.17) is 4.74 Å². The molecule has 1 saturated heterocycles. The Hall–Kier alpha value is -3.43. The third kappa shape index (κ3) is 5.32. The number of nitrogens with zero attached hydrogens (tertiary/aromatic N) is 2. The maximum absolute atomic E-state index is 13.1. The Bertz CT molecular complexity index is 984. The van der Waals surface area contributed by atoms with Crippen LogP contribution in [0.4, 0.5) is 10.5 Å². The third-order valence-electron chi connectivity index (χ3n) is 5.47. The van der Waals surface area contributed by atoms with Crippen LogP contribution in [0.3, 0.4) is 0 Å². The summed E-state index contributed by atoms with van der Waals surface area (Å²) in [5.74, 6) is -1.93. The van der Waals surface area contributed by atoms with Crippen LogP contribution < -0.4 is 10.6 Å². The van der Waals surface area contributed by atoms with Crippen LogP contribution in [0.15, 0.2) is 18.2 Å². The number of rotatable bonds is 7. The molecule has 2 aliphatic heterocycles. The summed E-state index contributed by atoms with van der Waals surface area (Å²) in [6.07, 6.45) is 1.16. The molecule has 0 bridgehead atoms. The van der Waals surface area contributed by atoms with Crippen molar-refractivity contribution in [1.29, 1.82) is 0 Å². The van der Waals surface area contributed by atoms with Crippen molar-refractivity contribution >= 4 is 35.4 Å². The lowest BCUT2D eigenvalue weighted by atomic mass is 10.0. The van der Waals surface area contributed by atoms with Gasteiger partial charge in [-0.2, -0.15) is 0 Å². The molecule has 2 N–H and O–H groups in total. The molecule has 178 valence electrons. The average molecular weight is 459 g/mol. The van der Waals surface area contributed by atoms with E-state index in [0.29, 0.717) is 31.6 Å². The van der Waals surface area contributed by atoms with Gasteiger partial charge in [-0.15, -0.1) is 0 Å². The van der Waals surface area contributed by atoms with E-state index in [2.05, 4.69) is 10.6 Å². The number of piperidine rings is 1. The molecule has 2 aliphatic rings. The first-order chi connectivity index (χ1) is 15.5. The van der Waals surface area contributed by atoms with Crippen LogP contribution in [0.25, 0.3) is 0 Å². The SMILES string of the molecule is CN1C(=O)CCC(N2C(=O)c3cccc(NCCCCNC(=O)OC(C)(C)C)c3C2=O)C1=O. The smallest absolute Gasteiger partial charge is 0.407 e. The molecule has 1 fully saturated rings. The van der Waals surface area contributed by atoms with E-state index in [0.717, 1.165) is 9.80 Å². The Kier molecular flexibility index (Phi) is 7.04. The van der Waals surface area contributed by atoms with E-state index in [1.807, 2.05) is 0 Å². The van der Waals surface area contributed by atoms with Crippen molar-refractivity contribution in [3.05, 3.63) is 29.3 Å². The molecular weight excluding hydrogens is 428 g/mol. The topological polar surface area (TPSA) is 125 Å². The number of benzene rings is 1. The molecule has 10 nitrogen and oxygen atoms in total. The van der Waals surface area contributed by atoms with E-state index < -0.39 is 35.5 Å². The minimum Gasteiger partial charge on any atom is -0.444 e. The fourth-order valence-electron chi connectivity index (χ4n) is 3.85. The van der Waals surface area contributed by atoms with Crippen LogP contribution in [0, 0.1) is 0 Å². The fourth-order valence-corrected chi connectivity index (χ4v) is 3.85. The number of likely N-dealkylation sites (tertiary alicyclic amines) is 1. The summed E-state index contributed by atoms with van der Waals surface area (Å²) in [6, 6.07) is 3.98. The lowest BCUT2D eigenvalue weighted by Crippen LogP contribution is -2.54. The number of ether oxygens (including phenoxy) is 1. The number of unbranched alkanes of at least 4 members (excludes halogenated alkanes) is 1. The molecule has 1 unspecified atom stereocenters. The first-order valence-electron chi connectivity index (χ1n) is 11.0. The molecule has 3 rings (SSSR count). The van der Waals surface area contributed by atoms with Gasteiger partial charge in [-0.3, -0.25) is 29.0 Å². The van der Waals surface area contributed by atoms with Gasteiger partial charge in [0.1, 0.15) is 11.6 Å². The van der Waals surface area contributed by atoms with Gasteiger partial charge in [0.15, 0.2) is 0 Å². The zero-order valence-corrected chi connectivity index (χ0v) is 19.4. The highest BCUT2D eigenvalue weighted by molar-refractivity contribution is 6.25. The number of imide groups is 2. The summed E-state index contributed by atoms with van der Waals surface area (Å²) in [6.45, 7) is 6.36. The zero-order valence-electron chi connectivity index (χ0n) is 19.4. The highest BCUT2D eigenvalue weighted by Gasteiger charge is 2.47. The summed E-state index contributed by atoms with van der Waals surface area (Å²) in [7, 11) is 1.36. The molecule has 0 spiro atoms. The summed E-state index contributed by atoms with van der Waals surface area (Å²) in [5, 5.41) is 5.87. The fraction of sp³-hybridized carbons (Fsp3) is 0.522. The van der Waals surface area contributed by atoms with E-state index in [1.165, 1.54) is 7.05 Å². The molecule has 10 heteroatoms. The molecule has 1 atom stereocenters. The number of alkyl carbamates (subject to hydrolysis) is 1. The predicted octanol–water partition coefficient (Wildman–Crippen LogP) is 2.15. The van der Waals surface area contributed by atoms with Gasteiger partial charge < -0.3 is 15.4 Å². The van der Waals surface area contributed by atoms with Gasteiger partial charge >= 0.3 is 6.09 Å². The van der Waals surface area contributed by atoms with Crippen molar-refractivity contribution in [2.24, 2.45) is 0 Å². The number of hydrogen-bond acceptors (Lipinski definition) is 7. The zero-order chi connectivity index (χ0) is 24.3. The van der Waals surface area contributed by atoms with Crippen molar-refractivity contribution in [2.75, 3.05) is 25.5 Å². The maximum atomic E-state index is 13.1. The van der Waals surface area contributed by atoms with Crippen LogP contribution >= 0.6 is 0 Å². The van der Waals surface area contributed by atoms with Gasteiger partial charge in [0.2, 0.25) is 5.91 Å². The third-order valence-corrected chi connectivity index (χ3v) is 5.47. The van der Waals surface area contributed by atoms with Gasteiger partial charge in [-0.1, -0.05) is 6.07 Å². The number of amides is 5. The lowest BCUT2D eigenvalue weighted by Gasteiger charge is -2.32. The first kappa shape index (κ1) is 24.2. The van der Waals surface area contributed by atoms with Gasteiger partial charge in [0.25, 0.3) is 17.7 Å². The van der Waals surface area contributed by atoms with Crippen LogP contribution in [0.2, 0.25) is 0 Å². The first-order valence-corrected chi connectivity index (χ1v) is 11.0. The normalized spacial score (nSPS) is 18.5. The highest BCUT2D eigenvalue weighted by Crippen LogP contribution is 2.33. The van der Waals surface area contributed by atoms with Crippen LogP contribution in [-0.2, 0) is 14.3 Å². The molecule has 5 amide bonds. The minimum atomic E-state index is -0.980. The number of hydrogen-bond donors (Lipinski definition) is 2. The Morgan fingerprint density at radius 3 is 2.48 bits per heavy atom. The Morgan fingerprint density at radius 2 is 1.79 bits per heavy atom. The number of anilines is 1. The van der Waals surface area contributed by atoms with Crippen molar-refractivity contribution in [3.8, 4) is 0 Å². The lowest BCUT2D eigenvalue weighted by molar-refractivity contribution is -0.149. The summed E-state index contributed by atoms with van der Waals surface area (Å²) < 4.78 is 5.18. The summed E-state index contributed by atoms with van der Waals surface area (Å²) in [4.78, 5) is 64.0. The number of carbonyl (C=O) groups excluding carboxylic acids is 5. The molecule has 33 heavy (non-hydrogen) atoms. The van der Waals surface area contributed by atoms with E-state index in [-0.39, 0.29) is 29.9 Å². The highest BCUT2D eigenvalue weighted by atomic mass is 16.6. The second-order valence-electron chi connectivity index (χ2n) is 9.12. The molecule has 2 heterocycles. The van der Waals surface area contributed by atoms with E-state index in [1.54, 1.807) is 39.0 Å². The molecule has 0 aliphatic carbocycles. The number of fused-ring (bicyclic) bond motifs is 1. The second-order valence-corrected chi connectivity index (χ2v) is 9.12. The van der Waals surface area contributed by atoms with Crippen LogP contribution in [0.1, 0.15) is 67.2 Å². The summed E-state index contributed by atoms with van der Waals surface area (Å²) >= 11 is 0. The Balaban J connectivity index is 1.58. The van der Waals surface area contributed by atoms with Crippen molar-refractivity contribution < 1.29 is 28.7 Å². The molecule has 1 aromatic rings. The second kappa shape index (κ2) is 9.60. The molecule has 0 aromatic heterocycles. The maximum Gasteiger partial charge on any atom is 0.407 e. The minimum absolute atomic E-state index is 0.1000. The number of likely N-dealkylation sites (N-methyl/N-ethyl adjacent to an activating group) is 1. The standard InChI is InChI=1S/C23H30N4O6/c1-23(2,3)33-22(32)25-13-6-5-12-24-15-9-7-8-14-18(15)21(31)27(19(14)29)16-10-11-17(28)26(4)20(16)30/h7-9,16,24H,5-6,10-13H2,1-4H3,(H,25,32).